The van der Waals surface area contributed by atoms with Crippen molar-refractivity contribution in [2.45, 2.75) is 87.6 Å². The molecule has 1 unspecified atom stereocenters. The molecule has 1 spiro atoms. The van der Waals surface area contributed by atoms with Crippen LogP contribution in [0.1, 0.15) is 93.7 Å². The highest BCUT2D eigenvalue weighted by Crippen LogP contribution is 2.44. The maximum absolute atomic E-state index is 13.3. The van der Waals surface area contributed by atoms with Gasteiger partial charge < -0.3 is 19.7 Å². The van der Waals surface area contributed by atoms with Gasteiger partial charge in [-0.15, -0.1) is 10.2 Å². The molecule has 3 aromatic rings. The van der Waals surface area contributed by atoms with E-state index in [1.54, 1.807) is 36.4 Å². The Balaban J connectivity index is 0.724. The van der Waals surface area contributed by atoms with Gasteiger partial charge in [0.25, 0.3) is 17.7 Å². The Morgan fingerprint density at radius 1 is 0.964 bits per heavy atom. The maximum Gasteiger partial charge on any atom is 0.272 e. The minimum absolute atomic E-state index is 0.0103. The Hall–Kier alpha value is -5.59. The molecule has 1 saturated carbocycles. The Bertz CT molecular complexity index is 2140. The predicted octanol–water partition coefficient (Wildman–Crippen LogP) is 3.18. The molecule has 6 aliphatic rings. The third-order valence-electron chi connectivity index (χ3n) is 12.1. The molecule has 1 aliphatic carbocycles. The minimum Gasteiger partial charge on any atom is -0.490 e. The van der Waals surface area contributed by atoms with E-state index >= 15 is 0 Å². The molecule has 288 valence electrons. The molecule has 3 saturated heterocycles. The summed E-state index contributed by atoms with van der Waals surface area (Å²) < 4.78 is 12.6. The van der Waals surface area contributed by atoms with E-state index in [0.29, 0.717) is 34.5 Å². The van der Waals surface area contributed by atoms with Gasteiger partial charge in [0.1, 0.15) is 29.2 Å². The van der Waals surface area contributed by atoms with Crippen molar-refractivity contribution >= 4 is 47.0 Å². The van der Waals surface area contributed by atoms with Crippen LogP contribution < -0.4 is 25.0 Å². The van der Waals surface area contributed by atoms with Gasteiger partial charge in [-0.05, 0) is 74.1 Å². The molecule has 56 heavy (non-hydrogen) atoms. The number of nitriles is 1. The van der Waals surface area contributed by atoms with Gasteiger partial charge in [0.2, 0.25) is 11.8 Å². The lowest BCUT2D eigenvalue weighted by Gasteiger charge is -2.49. The average Bonchev–Trinajstić information content (AvgIpc) is 3.64. The number of fused-ring (bicyclic) bond motifs is 2. The fourth-order valence-electron chi connectivity index (χ4n) is 8.89. The van der Waals surface area contributed by atoms with Crippen LogP contribution in [0.4, 0.5) is 5.82 Å². The van der Waals surface area contributed by atoms with Crippen molar-refractivity contribution in [2.75, 3.05) is 31.1 Å². The molecule has 0 radical (unpaired) electrons. The Labute approximate surface area is 327 Å². The predicted molar refractivity (Wildman–Crippen MR) is 199 cm³/mol. The monoisotopic (exact) mass is 778 g/mol. The summed E-state index contributed by atoms with van der Waals surface area (Å²) in [4.78, 5) is 69.3. The molecule has 16 heteroatoms. The van der Waals surface area contributed by atoms with E-state index in [9.17, 15) is 24.0 Å². The van der Waals surface area contributed by atoms with E-state index in [4.69, 9.17) is 26.3 Å². The molecule has 5 aliphatic heterocycles. The van der Waals surface area contributed by atoms with E-state index in [2.05, 4.69) is 30.6 Å². The first-order chi connectivity index (χ1) is 27.1. The fraction of sp³-hybridized carbons (Fsp3) is 0.450. The molecule has 5 amide bonds. The topological polar surface area (TPSA) is 187 Å². The normalized spacial score (nSPS) is 24.5. The van der Waals surface area contributed by atoms with Gasteiger partial charge >= 0.3 is 0 Å². The van der Waals surface area contributed by atoms with Crippen molar-refractivity contribution in [2.24, 2.45) is 0 Å². The summed E-state index contributed by atoms with van der Waals surface area (Å²) in [5.74, 6) is -0.351. The van der Waals surface area contributed by atoms with Gasteiger partial charge in [-0.2, -0.15) is 5.26 Å². The number of hydrogen-bond acceptors (Lipinski definition) is 12. The van der Waals surface area contributed by atoms with Crippen LogP contribution in [-0.4, -0.2) is 106 Å². The highest BCUT2D eigenvalue weighted by molar-refractivity contribution is 6.31. The highest BCUT2D eigenvalue weighted by atomic mass is 35.5. The zero-order valence-corrected chi connectivity index (χ0v) is 31.2. The molecular weight excluding hydrogens is 740 g/mol. The quantitative estimate of drug-likeness (QED) is 0.334. The molecule has 1 aromatic heterocycles. The van der Waals surface area contributed by atoms with Crippen molar-refractivity contribution in [3.05, 3.63) is 75.4 Å². The highest BCUT2D eigenvalue weighted by Gasteiger charge is 2.49. The first-order valence-electron chi connectivity index (χ1n) is 19.1. The largest absolute Gasteiger partial charge is 0.490 e. The van der Waals surface area contributed by atoms with Crippen molar-refractivity contribution in [1.29, 1.82) is 5.26 Å². The van der Waals surface area contributed by atoms with Crippen LogP contribution in [0, 0.1) is 11.3 Å². The minimum atomic E-state index is -1.00. The standard InChI is InChI=1S/C40H39ClN8O7/c41-30-16-27(4-1-22(30)19-42)55-26-5-2-24(3-6-26)43-36(51)31-7-9-34(46-45-31)48-20-25(21-48)47-13-11-40(12-14-47)18-23-15-28-29(17-33(23)56-40)39(54)49(38(28)53)32-8-10-35(50)44-37(32)52/h1,4,7,9,15-17,24-26,32H,2-3,5-6,8,10-14,18,20-21H2,(H,43,51)(H,44,50,52). The first kappa shape index (κ1) is 36.1. The average molecular weight is 779 g/mol. The van der Waals surface area contributed by atoms with Crippen LogP contribution in [0.25, 0.3) is 0 Å². The maximum atomic E-state index is 13.3. The SMILES string of the molecule is N#Cc1ccc(OC2CCC(NC(=O)c3ccc(N4CC(N5CCC6(CC5)Cc5cc7c(cc5O6)C(=O)N(C5CCC(=O)NC5=O)C7=O)C4)nn3)CC2)cc1Cl. The van der Waals surface area contributed by atoms with Crippen LogP contribution >= 0.6 is 11.6 Å². The van der Waals surface area contributed by atoms with E-state index in [0.717, 1.165) is 81.0 Å². The number of ether oxygens (including phenoxy) is 2. The summed E-state index contributed by atoms with van der Waals surface area (Å²) in [7, 11) is 0. The smallest absolute Gasteiger partial charge is 0.272 e. The zero-order valence-electron chi connectivity index (χ0n) is 30.5. The number of imide groups is 2. The van der Waals surface area contributed by atoms with Crippen molar-refractivity contribution < 1.29 is 33.4 Å². The third kappa shape index (κ3) is 6.60. The third-order valence-corrected chi connectivity index (χ3v) is 12.4. The molecule has 2 aromatic carbocycles. The number of halogens is 1. The molecular formula is C40H39ClN8O7. The molecule has 4 fully saturated rings. The summed E-state index contributed by atoms with van der Waals surface area (Å²) >= 11 is 6.14. The summed E-state index contributed by atoms with van der Waals surface area (Å²) in [6.07, 6.45) is 5.55. The summed E-state index contributed by atoms with van der Waals surface area (Å²) in [5.41, 5.74) is 1.69. The number of carbonyl (C=O) groups is 5. The van der Waals surface area contributed by atoms with Crippen LogP contribution in [0.5, 0.6) is 11.5 Å². The molecule has 6 heterocycles. The fourth-order valence-corrected chi connectivity index (χ4v) is 9.10. The molecule has 1 atom stereocenters. The second-order valence-electron chi connectivity index (χ2n) is 15.6. The van der Waals surface area contributed by atoms with Gasteiger partial charge in [-0.3, -0.25) is 39.1 Å². The molecule has 2 N–H and O–H groups in total. The zero-order chi connectivity index (χ0) is 38.7. The summed E-state index contributed by atoms with van der Waals surface area (Å²) in [5, 5.41) is 23.4. The number of piperidine rings is 2. The van der Waals surface area contributed by atoms with Crippen LogP contribution in [0.3, 0.4) is 0 Å². The number of nitrogens with one attached hydrogen (secondary N) is 2. The van der Waals surface area contributed by atoms with Gasteiger partial charge in [0.05, 0.1) is 27.8 Å². The Morgan fingerprint density at radius 3 is 2.39 bits per heavy atom. The lowest BCUT2D eigenvalue weighted by atomic mass is 9.85. The number of rotatable bonds is 7. The summed E-state index contributed by atoms with van der Waals surface area (Å²) in [6, 6.07) is 13.4. The van der Waals surface area contributed by atoms with Crippen LogP contribution in [-0.2, 0) is 16.0 Å². The molecule has 9 rings (SSSR count). The number of amides is 5. The number of anilines is 1. The molecule has 15 nitrogen and oxygen atoms in total. The summed E-state index contributed by atoms with van der Waals surface area (Å²) in [6.45, 7) is 3.29. The lowest BCUT2D eigenvalue weighted by molar-refractivity contribution is -0.136. The Kier molecular flexibility index (Phi) is 9.13. The number of carbonyl (C=O) groups excluding carboxylic acids is 5. The van der Waals surface area contributed by atoms with E-state index in [1.165, 1.54) is 0 Å². The van der Waals surface area contributed by atoms with Crippen LogP contribution in [0.2, 0.25) is 5.02 Å². The van der Waals surface area contributed by atoms with Crippen molar-refractivity contribution in [3.8, 4) is 17.6 Å². The Morgan fingerprint density at radius 2 is 1.71 bits per heavy atom. The van der Waals surface area contributed by atoms with Gasteiger partial charge in [0.15, 0.2) is 11.5 Å². The molecule has 0 bridgehead atoms. The van der Waals surface area contributed by atoms with Gasteiger partial charge in [-0.25, -0.2) is 0 Å². The first-order valence-corrected chi connectivity index (χ1v) is 19.5. The van der Waals surface area contributed by atoms with Gasteiger partial charge in [0, 0.05) is 70.0 Å². The number of aromatic nitrogens is 2. The number of nitrogens with zero attached hydrogens (tertiary/aromatic N) is 6. The van der Waals surface area contributed by atoms with Crippen LogP contribution in [0.15, 0.2) is 42.5 Å². The van der Waals surface area contributed by atoms with E-state index < -0.39 is 35.3 Å². The van der Waals surface area contributed by atoms with E-state index in [1.807, 2.05) is 12.1 Å². The number of benzene rings is 2. The second kappa shape index (κ2) is 14.2. The van der Waals surface area contributed by atoms with Gasteiger partial charge in [-0.1, -0.05) is 11.6 Å². The number of hydrogen-bond donors (Lipinski definition) is 2. The lowest BCUT2D eigenvalue weighted by Crippen LogP contribution is -2.62. The van der Waals surface area contributed by atoms with E-state index in [-0.39, 0.29) is 47.7 Å². The van der Waals surface area contributed by atoms with Crippen molar-refractivity contribution in [1.82, 2.24) is 30.6 Å². The number of likely N-dealkylation sites (tertiary alicyclic amines) is 1. The second-order valence-corrected chi connectivity index (χ2v) is 16.0. The van der Waals surface area contributed by atoms with Crippen molar-refractivity contribution in [3.63, 3.8) is 0 Å².